The van der Waals surface area contributed by atoms with Crippen LogP contribution in [0.3, 0.4) is 0 Å². The van der Waals surface area contributed by atoms with Crippen molar-refractivity contribution in [3.05, 3.63) is 22.0 Å². The Balaban J connectivity index is 2.88. The average molecular weight is 182 g/mol. The van der Waals surface area contributed by atoms with E-state index < -0.39 is 8.07 Å². The predicted octanol–water partition coefficient (Wildman–Crippen LogP) is 1.83. The summed E-state index contributed by atoms with van der Waals surface area (Å²) in [5, 5.41) is 3.46. The molecule has 62 valence electrons. The number of hydrogen-bond acceptors (Lipinski definition) is 0. The highest BCUT2D eigenvalue weighted by atomic mass is 28.3. The number of hydrogen-bond donors (Lipinski definition) is 0. The van der Waals surface area contributed by atoms with Crippen molar-refractivity contribution in [1.82, 2.24) is 0 Å². The summed E-state index contributed by atoms with van der Waals surface area (Å²) in [6, 6.07) is 0. The topological polar surface area (TPSA) is 0 Å². The molecule has 0 heterocycles. The monoisotopic (exact) mass is 182 g/mol. The largest absolute Gasteiger partial charge is 0.0879 e. The van der Waals surface area contributed by atoms with Gasteiger partial charge in [0, 0.05) is 10.2 Å². The Morgan fingerprint density at radius 3 is 2.09 bits per heavy atom. The van der Waals surface area contributed by atoms with Crippen LogP contribution in [0.2, 0.25) is 19.6 Å². The summed E-state index contributed by atoms with van der Waals surface area (Å²) >= 11 is 0. The van der Waals surface area contributed by atoms with Crippen LogP contribution in [0.15, 0.2) is 22.0 Å². The molecule has 0 N–H and O–H groups in total. The van der Waals surface area contributed by atoms with Gasteiger partial charge in [-0.2, -0.15) is 0 Å². The lowest BCUT2D eigenvalue weighted by atomic mass is 10.3. The van der Waals surface area contributed by atoms with Gasteiger partial charge in [-0.15, -0.1) is 0 Å². The molecule has 0 fully saturated rings. The molecule has 0 aromatic heterocycles. The van der Waals surface area contributed by atoms with E-state index in [9.17, 15) is 0 Å². The molecule has 0 spiro atoms. The van der Waals surface area contributed by atoms with Gasteiger partial charge in [0.1, 0.15) is 0 Å². The van der Waals surface area contributed by atoms with E-state index in [1.165, 1.54) is 16.7 Å². The summed E-state index contributed by atoms with van der Waals surface area (Å²) in [7, 11) is 0.275. The fraction of sp³-hybridized carbons (Fsp3) is 0.556. The van der Waals surface area contributed by atoms with E-state index >= 15 is 0 Å². The van der Waals surface area contributed by atoms with Crippen LogP contribution >= 0.6 is 0 Å². The number of allylic oxidation sites excluding steroid dienone is 4. The average Bonchev–Trinajstić information content (AvgIpc) is 2.08. The lowest BCUT2D eigenvalue weighted by molar-refractivity contribution is 1.30. The first-order valence-corrected chi connectivity index (χ1v) is 8.78. The summed E-state index contributed by atoms with van der Waals surface area (Å²) in [5.41, 5.74) is 1.58. The summed E-state index contributed by atoms with van der Waals surface area (Å²) in [6.07, 6.45) is 3.72. The second-order valence-electron chi connectivity index (χ2n) is 4.58. The molecule has 0 unspecified atom stereocenters. The molecule has 2 heteroatoms. The lowest BCUT2D eigenvalue weighted by Crippen LogP contribution is -2.24. The van der Waals surface area contributed by atoms with Gasteiger partial charge in [0.05, 0.1) is 8.07 Å². The van der Waals surface area contributed by atoms with Crippen molar-refractivity contribution >= 4 is 18.3 Å². The van der Waals surface area contributed by atoms with Gasteiger partial charge < -0.3 is 0 Å². The number of rotatable bonds is 1. The van der Waals surface area contributed by atoms with Gasteiger partial charge in [-0.1, -0.05) is 41.7 Å². The van der Waals surface area contributed by atoms with Crippen molar-refractivity contribution in [3.8, 4) is 0 Å². The van der Waals surface area contributed by atoms with E-state index in [4.69, 9.17) is 0 Å². The Morgan fingerprint density at radius 1 is 1.36 bits per heavy atom. The quantitative estimate of drug-likeness (QED) is 0.543. The molecule has 1 rings (SSSR count). The van der Waals surface area contributed by atoms with E-state index in [1.807, 2.05) is 0 Å². The zero-order valence-corrected chi connectivity index (χ0v) is 11.3. The van der Waals surface area contributed by atoms with Crippen LogP contribution in [-0.4, -0.2) is 18.3 Å². The molecule has 0 atom stereocenters. The summed E-state index contributed by atoms with van der Waals surface area (Å²) < 4.78 is 0. The van der Waals surface area contributed by atoms with Gasteiger partial charge in [0.25, 0.3) is 0 Å². The minimum absolute atomic E-state index is 0.979. The molecule has 0 radical (unpaired) electrons. The smallest absolute Gasteiger partial charge is 0.0731 e. The molecule has 0 aromatic rings. The summed E-state index contributed by atoms with van der Waals surface area (Å²) in [5.74, 6) is 0. The molecule has 0 nitrogen and oxygen atoms in total. The van der Waals surface area contributed by atoms with Crippen molar-refractivity contribution in [2.45, 2.75) is 33.0 Å². The van der Waals surface area contributed by atoms with E-state index in [0.717, 1.165) is 0 Å². The van der Waals surface area contributed by atoms with Crippen molar-refractivity contribution in [2.24, 2.45) is 0 Å². The van der Waals surface area contributed by atoms with Gasteiger partial charge in [-0.3, -0.25) is 0 Å². The third kappa shape index (κ3) is 1.93. The van der Waals surface area contributed by atoms with Crippen LogP contribution in [0.4, 0.5) is 0 Å². The third-order valence-electron chi connectivity index (χ3n) is 2.30. The van der Waals surface area contributed by atoms with Crippen LogP contribution in [0.25, 0.3) is 0 Å². The van der Waals surface area contributed by atoms with Crippen molar-refractivity contribution in [2.75, 3.05) is 0 Å². The highest BCUT2D eigenvalue weighted by molar-refractivity contribution is 6.83. The molecule has 0 bridgehead atoms. The molecular formula is C9H18Si2. The van der Waals surface area contributed by atoms with E-state index in [1.54, 1.807) is 16.0 Å². The van der Waals surface area contributed by atoms with E-state index in [0.29, 0.717) is 0 Å². The fourth-order valence-electron chi connectivity index (χ4n) is 1.78. The minimum atomic E-state index is -0.979. The highest BCUT2D eigenvalue weighted by Gasteiger charge is 2.23. The van der Waals surface area contributed by atoms with Crippen LogP contribution in [0, 0.1) is 0 Å². The molecule has 11 heavy (non-hydrogen) atoms. The van der Waals surface area contributed by atoms with Crippen LogP contribution in [0.5, 0.6) is 0 Å². The maximum absolute atomic E-state index is 2.44. The standard InChI is InChI=1S/C9H18Si2/c1-7-5-8(10)6-9(7)11(2,3)4/h5H,6H2,1-4,10H3. The van der Waals surface area contributed by atoms with Gasteiger partial charge in [0.2, 0.25) is 0 Å². The lowest BCUT2D eigenvalue weighted by Gasteiger charge is -2.19. The molecule has 0 saturated carbocycles. The Labute approximate surface area is 73.8 Å². The molecule has 0 aromatic carbocycles. The Bertz CT molecular complexity index is 228. The van der Waals surface area contributed by atoms with Crippen LogP contribution < -0.4 is 0 Å². The second-order valence-corrected chi connectivity index (χ2v) is 11.0. The van der Waals surface area contributed by atoms with Gasteiger partial charge in [0.15, 0.2) is 0 Å². The van der Waals surface area contributed by atoms with Crippen molar-refractivity contribution in [3.63, 3.8) is 0 Å². The first-order valence-electron chi connectivity index (χ1n) is 4.28. The summed E-state index contributed by atoms with van der Waals surface area (Å²) in [4.78, 5) is 0. The predicted molar refractivity (Wildman–Crippen MR) is 58.7 cm³/mol. The fourth-order valence-corrected chi connectivity index (χ4v) is 4.99. The maximum atomic E-state index is 2.44. The molecule has 0 amide bonds. The third-order valence-corrected chi connectivity index (χ3v) is 5.32. The van der Waals surface area contributed by atoms with Gasteiger partial charge >= 0.3 is 0 Å². The molecule has 0 saturated heterocycles. The Morgan fingerprint density at radius 2 is 1.91 bits per heavy atom. The Kier molecular flexibility index (Phi) is 2.25. The van der Waals surface area contributed by atoms with Crippen LogP contribution in [-0.2, 0) is 0 Å². The summed E-state index contributed by atoms with van der Waals surface area (Å²) in [6.45, 7) is 9.61. The highest BCUT2D eigenvalue weighted by Crippen LogP contribution is 2.30. The molecular weight excluding hydrogens is 164 g/mol. The first-order chi connectivity index (χ1) is 4.91. The van der Waals surface area contributed by atoms with Gasteiger partial charge in [-0.05, 0) is 13.3 Å². The normalized spacial score (nSPS) is 19.5. The first kappa shape index (κ1) is 9.01. The molecule has 1 aliphatic carbocycles. The zero-order chi connectivity index (χ0) is 8.65. The second kappa shape index (κ2) is 2.75. The van der Waals surface area contributed by atoms with Gasteiger partial charge in [-0.25, -0.2) is 0 Å². The zero-order valence-electron chi connectivity index (χ0n) is 8.28. The van der Waals surface area contributed by atoms with E-state index in [2.05, 4.69) is 32.6 Å². The van der Waals surface area contributed by atoms with Crippen molar-refractivity contribution < 1.29 is 0 Å². The van der Waals surface area contributed by atoms with Crippen LogP contribution in [0.1, 0.15) is 13.3 Å². The van der Waals surface area contributed by atoms with Crippen molar-refractivity contribution in [1.29, 1.82) is 0 Å². The molecule has 1 aliphatic rings. The SMILES string of the molecule is CC1=C([Si](C)(C)C)CC([SiH3])=C1. The minimum Gasteiger partial charge on any atom is -0.0879 e. The maximum Gasteiger partial charge on any atom is 0.0731 e. The molecule has 0 aliphatic heterocycles. The van der Waals surface area contributed by atoms with E-state index in [-0.39, 0.29) is 0 Å². The Hall–Kier alpha value is -0.0862.